The molecule has 19 heavy (non-hydrogen) atoms. The molecule has 1 heteroatoms. The minimum absolute atomic E-state index is 0.586. The standard InChI is InChI=1S/C18H27N/c1-13-11-12-18(17-10-6-5-9-16(13)17)19-14(2)15-7-3-4-8-15/h5-6,9-10,13-15,18-19H,3-4,7-8,11-12H2,1-2H3/t13?,14-,18?/m1/s1. The van der Waals surface area contributed by atoms with E-state index in [2.05, 4.69) is 43.4 Å². The molecule has 1 aromatic rings. The van der Waals surface area contributed by atoms with Crippen molar-refractivity contribution in [2.24, 2.45) is 5.92 Å². The molecule has 1 N–H and O–H groups in total. The Balaban J connectivity index is 1.73. The van der Waals surface area contributed by atoms with Gasteiger partial charge in [-0.15, -0.1) is 0 Å². The van der Waals surface area contributed by atoms with Crippen LogP contribution in [0.2, 0.25) is 0 Å². The van der Waals surface area contributed by atoms with Crippen molar-refractivity contribution >= 4 is 0 Å². The van der Waals surface area contributed by atoms with Crippen molar-refractivity contribution in [3.8, 4) is 0 Å². The highest BCUT2D eigenvalue weighted by Crippen LogP contribution is 2.38. The minimum Gasteiger partial charge on any atom is -0.307 e. The van der Waals surface area contributed by atoms with Crippen molar-refractivity contribution < 1.29 is 0 Å². The first-order valence-corrected chi connectivity index (χ1v) is 8.10. The van der Waals surface area contributed by atoms with Crippen molar-refractivity contribution in [2.75, 3.05) is 0 Å². The van der Waals surface area contributed by atoms with Gasteiger partial charge in [-0.05, 0) is 55.6 Å². The predicted molar refractivity (Wildman–Crippen MR) is 81.4 cm³/mol. The monoisotopic (exact) mass is 257 g/mol. The number of rotatable bonds is 3. The third-order valence-corrected chi connectivity index (χ3v) is 5.36. The van der Waals surface area contributed by atoms with Crippen LogP contribution < -0.4 is 5.32 Å². The van der Waals surface area contributed by atoms with Crippen LogP contribution >= 0.6 is 0 Å². The Morgan fingerprint density at radius 2 is 1.68 bits per heavy atom. The Kier molecular flexibility index (Phi) is 3.93. The summed E-state index contributed by atoms with van der Waals surface area (Å²) in [6.07, 6.45) is 8.36. The number of hydrogen-bond acceptors (Lipinski definition) is 1. The molecule has 0 amide bonds. The highest BCUT2D eigenvalue weighted by Gasteiger charge is 2.28. The molecule has 2 unspecified atom stereocenters. The van der Waals surface area contributed by atoms with Crippen molar-refractivity contribution in [1.29, 1.82) is 0 Å². The quantitative estimate of drug-likeness (QED) is 0.820. The van der Waals surface area contributed by atoms with E-state index in [1.165, 1.54) is 38.5 Å². The van der Waals surface area contributed by atoms with Crippen LogP contribution in [0.25, 0.3) is 0 Å². The van der Waals surface area contributed by atoms with Crippen molar-refractivity contribution in [1.82, 2.24) is 5.32 Å². The molecule has 1 nitrogen and oxygen atoms in total. The first-order chi connectivity index (χ1) is 9.25. The van der Waals surface area contributed by atoms with Gasteiger partial charge < -0.3 is 5.32 Å². The second-order valence-corrected chi connectivity index (χ2v) is 6.66. The maximum Gasteiger partial charge on any atom is 0.0325 e. The van der Waals surface area contributed by atoms with Crippen LogP contribution in [0, 0.1) is 5.92 Å². The van der Waals surface area contributed by atoms with Gasteiger partial charge in [0, 0.05) is 12.1 Å². The summed E-state index contributed by atoms with van der Waals surface area (Å²) in [6, 6.07) is 10.3. The lowest BCUT2D eigenvalue weighted by atomic mass is 9.80. The zero-order valence-corrected chi connectivity index (χ0v) is 12.4. The Hall–Kier alpha value is -0.820. The molecule has 3 atom stereocenters. The average molecular weight is 257 g/mol. The smallest absolute Gasteiger partial charge is 0.0325 e. The summed E-state index contributed by atoms with van der Waals surface area (Å²) in [4.78, 5) is 0. The van der Waals surface area contributed by atoms with Gasteiger partial charge in [0.05, 0.1) is 0 Å². The van der Waals surface area contributed by atoms with Gasteiger partial charge in [-0.3, -0.25) is 0 Å². The molecule has 1 aromatic carbocycles. The lowest BCUT2D eigenvalue weighted by Crippen LogP contribution is -2.37. The molecule has 0 spiro atoms. The van der Waals surface area contributed by atoms with E-state index in [-0.39, 0.29) is 0 Å². The third kappa shape index (κ3) is 2.72. The lowest BCUT2D eigenvalue weighted by molar-refractivity contribution is 0.318. The Morgan fingerprint density at radius 3 is 2.42 bits per heavy atom. The number of hydrogen-bond donors (Lipinski definition) is 1. The number of fused-ring (bicyclic) bond motifs is 1. The summed E-state index contributed by atoms with van der Waals surface area (Å²) >= 11 is 0. The van der Waals surface area contributed by atoms with Gasteiger partial charge in [-0.25, -0.2) is 0 Å². The van der Waals surface area contributed by atoms with E-state index in [1.807, 2.05) is 0 Å². The van der Waals surface area contributed by atoms with Crippen LogP contribution in [0.5, 0.6) is 0 Å². The number of nitrogens with one attached hydrogen (secondary N) is 1. The fraction of sp³-hybridized carbons (Fsp3) is 0.667. The molecular weight excluding hydrogens is 230 g/mol. The first-order valence-electron chi connectivity index (χ1n) is 8.10. The maximum atomic E-state index is 3.94. The topological polar surface area (TPSA) is 12.0 Å². The lowest BCUT2D eigenvalue weighted by Gasteiger charge is -2.34. The Bertz CT molecular complexity index is 419. The predicted octanol–water partition coefficient (Wildman–Crippen LogP) is 4.79. The van der Waals surface area contributed by atoms with Gasteiger partial charge in [0.25, 0.3) is 0 Å². The normalized spacial score (nSPS) is 29.2. The van der Waals surface area contributed by atoms with Crippen LogP contribution in [-0.4, -0.2) is 6.04 Å². The molecule has 0 aliphatic heterocycles. The van der Waals surface area contributed by atoms with E-state index in [1.54, 1.807) is 11.1 Å². The first kappa shape index (κ1) is 13.2. The summed E-state index contributed by atoms with van der Waals surface area (Å²) in [5, 5.41) is 3.94. The largest absolute Gasteiger partial charge is 0.307 e. The molecule has 3 rings (SSSR count). The van der Waals surface area contributed by atoms with Gasteiger partial charge in [0.1, 0.15) is 0 Å². The number of benzene rings is 1. The molecule has 0 radical (unpaired) electrons. The summed E-state index contributed by atoms with van der Waals surface area (Å²) in [7, 11) is 0. The van der Waals surface area contributed by atoms with E-state index in [0.717, 1.165) is 11.8 Å². The van der Waals surface area contributed by atoms with Gasteiger partial charge >= 0.3 is 0 Å². The van der Waals surface area contributed by atoms with Crippen molar-refractivity contribution in [2.45, 2.75) is 70.4 Å². The summed E-state index contributed by atoms with van der Waals surface area (Å²) in [5.41, 5.74) is 3.14. The summed E-state index contributed by atoms with van der Waals surface area (Å²) in [5.74, 6) is 1.64. The molecule has 0 bridgehead atoms. The molecule has 0 aromatic heterocycles. The molecule has 2 aliphatic carbocycles. The van der Waals surface area contributed by atoms with Crippen LogP contribution in [0.3, 0.4) is 0 Å². The van der Waals surface area contributed by atoms with Crippen molar-refractivity contribution in [3.05, 3.63) is 35.4 Å². The van der Waals surface area contributed by atoms with Gasteiger partial charge in [0.15, 0.2) is 0 Å². The zero-order valence-electron chi connectivity index (χ0n) is 12.4. The van der Waals surface area contributed by atoms with Crippen LogP contribution in [-0.2, 0) is 0 Å². The van der Waals surface area contributed by atoms with Crippen LogP contribution in [0.15, 0.2) is 24.3 Å². The third-order valence-electron chi connectivity index (χ3n) is 5.36. The second-order valence-electron chi connectivity index (χ2n) is 6.66. The summed E-state index contributed by atoms with van der Waals surface area (Å²) in [6.45, 7) is 4.77. The fourth-order valence-corrected chi connectivity index (χ4v) is 4.09. The van der Waals surface area contributed by atoms with Crippen molar-refractivity contribution in [3.63, 3.8) is 0 Å². The molecular formula is C18H27N. The van der Waals surface area contributed by atoms with Gasteiger partial charge in [-0.1, -0.05) is 44.0 Å². The second kappa shape index (κ2) is 5.66. The Labute approximate surface area is 117 Å². The molecule has 1 saturated carbocycles. The highest BCUT2D eigenvalue weighted by molar-refractivity contribution is 5.35. The molecule has 2 aliphatic rings. The fourth-order valence-electron chi connectivity index (χ4n) is 4.09. The SMILES string of the molecule is CC1CCC(N[C@H](C)C2CCCC2)c2ccccc21. The van der Waals surface area contributed by atoms with E-state index in [4.69, 9.17) is 0 Å². The molecule has 0 saturated heterocycles. The maximum absolute atomic E-state index is 3.94. The Morgan fingerprint density at radius 1 is 1.00 bits per heavy atom. The zero-order chi connectivity index (χ0) is 13.2. The van der Waals surface area contributed by atoms with Crippen LogP contribution in [0.1, 0.15) is 75.5 Å². The van der Waals surface area contributed by atoms with E-state index in [9.17, 15) is 0 Å². The molecule has 0 heterocycles. The van der Waals surface area contributed by atoms with E-state index in [0.29, 0.717) is 12.1 Å². The molecule has 104 valence electrons. The average Bonchev–Trinajstić information content (AvgIpc) is 2.96. The minimum atomic E-state index is 0.586. The highest BCUT2D eigenvalue weighted by atomic mass is 15.0. The van der Waals surface area contributed by atoms with Gasteiger partial charge in [-0.2, -0.15) is 0 Å². The van der Waals surface area contributed by atoms with Gasteiger partial charge in [0.2, 0.25) is 0 Å². The van der Waals surface area contributed by atoms with E-state index >= 15 is 0 Å². The molecule has 1 fully saturated rings. The van der Waals surface area contributed by atoms with Crippen LogP contribution in [0.4, 0.5) is 0 Å². The summed E-state index contributed by atoms with van der Waals surface area (Å²) < 4.78 is 0. The van der Waals surface area contributed by atoms with E-state index < -0.39 is 0 Å².